The van der Waals surface area contributed by atoms with Crippen molar-refractivity contribution in [3.8, 4) is 11.6 Å². The topological polar surface area (TPSA) is 97.8 Å². The van der Waals surface area contributed by atoms with Crippen molar-refractivity contribution in [1.29, 1.82) is 0 Å². The number of carbonyl (C=O) groups is 2. The number of hydrogen-bond acceptors (Lipinski definition) is 5. The summed E-state index contributed by atoms with van der Waals surface area (Å²) in [6.45, 7) is 8.95. The molecule has 1 aliphatic carbocycles. The highest BCUT2D eigenvalue weighted by Crippen LogP contribution is 2.41. The molecule has 0 spiro atoms. The third-order valence-corrected chi connectivity index (χ3v) is 6.83. The lowest BCUT2D eigenvalue weighted by molar-refractivity contribution is -0.146. The quantitative estimate of drug-likeness (QED) is 0.577. The van der Waals surface area contributed by atoms with E-state index in [4.69, 9.17) is 9.47 Å². The molecule has 0 saturated heterocycles. The van der Waals surface area contributed by atoms with Crippen LogP contribution < -0.4 is 14.8 Å². The van der Waals surface area contributed by atoms with Crippen molar-refractivity contribution >= 4 is 11.9 Å². The third-order valence-electron chi connectivity index (χ3n) is 6.83. The van der Waals surface area contributed by atoms with Crippen molar-refractivity contribution in [3.63, 3.8) is 0 Å². The minimum Gasteiger partial charge on any atom is -0.488 e. The van der Waals surface area contributed by atoms with E-state index < -0.39 is 17.4 Å². The predicted octanol–water partition coefficient (Wildman–Crippen LogP) is 4.81. The lowest BCUT2D eigenvalue weighted by Crippen LogP contribution is -2.57. The number of pyridine rings is 1. The number of rotatable bonds is 8. The van der Waals surface area contributed by atoms with E-state index in [1.807, 2.05) is 25.1 Å². The predicted molar refractivity (Wildman–Crippen MR) is 130 cm³/mol. The van der Waals surface area contributed by atoms with Crippen LogP contribution in [-0.2, 0) is 11.2 Å². The standard InChI is InChI=1S/C27H36N2O5/c1-18-7-6-8-19(15-18)11-14-34-22-16-20(17-28-24(22)33-5)23(30)29-27(25(31)32)12-9-21(10-13-27)26(2,3)4/h6-8,15-17,21H,9-14H2,1-5H3,(H,29,30)(H,31,32)/t21-,27+. The number of carboxylic acid groups (broad SMARTS) is 1. The van der Waals surface area contributed by atoms with Crippen LogP contribution in [0.25, 0.3) is 0 Å². The summed E-state index contributed by atoms with van der Waals surface area (Å²) in [7, 11) is 1.49. The molecule has 1 heterocycles. The number of nitrogens with zero attached hydrogens (tertiary/aromatic N) is 1. The Bertz CT molecular complexity index is 1020. The summed E-state index contributed by atoms with van der Waals surface area (Å²) in [5, 5.41) is 12.8. The molecule has 1 aromatic carbocycles. The molecule has 184 valence electrons. The van der Waals surface area contributed by atoms with Gasteiger partial charge in [0.25, 0.3) is 11.8 Å². The third kappa shape index (κ3) is 6.07. The molecule has 0 radical (unpaired) electrons. The summed E-state index contributed by atoms with van der Waals surface area (Å²) < 4.78 is 11.2. The highest BCUT2D eigenvalue weighted by atomic mass is 16.5. The highest BCUT2D eigenvalue weighted by molar-refractivity contribution is 5.98. The Morgan fingerprint density at radius 1 is 1.21 bits per heavy atom. The fraction of sp³-hybridized carbons (Fsp3) is 0.519. The Labute approximate surface area is 201 Å². The smallest absolute Gasteiger partial charge is 0.329 e. The van der Waals surface area contributed by atoms with Crippen molar-refractivity contribution in [1.82, 2.24) is 10.3 Å². The number of ether oxygens (including phenoxy) is 2. The number of nitrogens with one attached hydrogen (secondary N) is 1. The van der Waals surface area contributed by atoms with E-state index in [2.05, 4.69) is 37.1 Å². The van der Waals surface area contributed by atoms with Crippen LogP contribution in [0.5, 0.6) is 11.6 Å². The minimum absolute atomic E-state index is 0.110. The van der Waals surface area contributed by atoms with Crippen LogP contribution in [0.4, 0.5) is 0 Å². The molecule has 3 rings (SSSR count). The largest absolute Gasteiger partial charge is 0.488 e. The van der Waals surface area contributed by atoms with Crippen molar-refractivity contribution < 1.29 is 24.2 Å². The fourth-order valence-corrected chi connectivity index (χ4v) is 4.62. The van der Waals surface area contributed by atoms with Gasteiger partial charge in [-0.1, -0.05) is 50.6 Å². The lowest BCUT2D eigenvalue weighted by atomic mass is 9.67. The van der Waals surface area contributed by atoms with E-state index in [-0.39, 0.29) is 16.9 Å². The first-order chi connectivity index (χ1) is 16.0. The molecular weight excluding hydrogens is 432 g/mol. The van der Waals surface area contributed by atoms with Gasteiger partial charge >= 0.3 is 5.97 Å². The fourth-order valence-electron chi connectivity index (χ4n) is 4.62. The van der Waals surface area contributed by atoms with Gasteiger partial charge in [-0.25, -0.2) is 9.78 Å². The number of carboxylic acids is 1. The molecule has 7 heteroatoms. The van der Waals surface area contributed by atoms with Crippen LogP contribution in [-0.4, -0.2) is 41.2 Å². The van der Waals surface area contributed by atoms with Crippen molar-refractivity contribution in [3.05, 3.63) is 53.2 Å². The maximum atomic E-state index is 13.1. The zero-order chi connectivity index (χ0) is 24.9. The van der Waals surface area contributed by atoms with Crippen molar-refractivity contribution in [2.75, 3.05) is 13.7 Å². The lowest BCUT2D eigenvalue weighted by Gasteiger charge is -2.42. The van der Waals surface area contributed by atoms with E-state index in [1.165, 1.54) is 18.9 Å². The van der Waals surface area contributed by atoms with Crippen LogP contribution in [0.2, 0.25) is 0 Å². The van der Waals surface area contributed by atoms with Gasteiger partial charge in [-0.15, -0.1) is 0 Å². The minimum atomic E-state index is -1.27. The normalized spacial score (nSPS) is 20.4. The van der Waals surface area contributed by atoms with Gasteiger partial charge in [0.1, 0.15) is 5.54 Å². The molecule has 1 amide bonds. The van der Waals surface area contributed by atoms with Crippen molar-refractivity contribution in [2.24, 2.45) is 11.3 Å². The summed E-state index contributed by atoms with van der Waals surface area (Å²) in [6.07, 6.45) is 4.39. The maximum Gasteiger partial charge on any atom is 0.329 e. The van der Waals surface area contributed by atoms with Gasteiger partial charge in [-0.3, -0.25) is 4.79 Å². The molecule has 1 fully saturated rings. The summed E-state index contributed by atoms with van der Waals surface area (Å²) in [5.41, 5.74) is 1.41. The number of aromatic nitrogens is 1. The van der Waals surface area contributed by atoms with Gasteiger partial charge < -0.3 is 19.9 Å². The van der Waals surface area contributed by atoms with Gasteiger partial charge in [0.05, 0.1) is 19.3 Å². The van der Waals surface area contributed by atoms with Crippen LogP contribution in [0.15, 0.2) is 36.5 Å². The number of benzene rings is 1. The van der Waals surface area contributed by atoms with E-state index in [0.717, 1.165) is 18.4 Å². The van der Waals surface area contributed by atoms with Crippen LogP contribution in [0.1, 0.15) is 67.9 Å². The SMILES string of the molecule is COc1ncc(C(=O)N[C@]2(C(=O)O)CC[C@H](C(C)(C)C)CC2)cc1OCCc1cccc(C)c1. The maximum absolute atomic E-state index is 13.1. The second-order valence-corrected chi connectivity index (χ2v) is 10.3. The Morgan fingerprint density at radius 3 is 2.50 bits per heavy atom. The van der Waals surface area contributed by atoms with Crippen LogP contribution in [0, 0.1) is 18.3 Å². The van der Waals surface area contributed by atoms with E-state index in [1.54, 1.807) is 6.07 Å². The second-order valence-electron chi connectivity index (χ2n) is 10.3. The first-order valence-corrected chi connectivity index (χ1v) is 11.8. The van der Waals surface area contributed by atoms with E-state index in [9.17, 15) is 14.7 Å². The number of methoxy groups -OCH3 is 1. The zero-order valence-electron chi connectivity index (χ0n) is 20.8. The number of aliphatic carboxylic acids is 1. The van der Waals surface area contributed by atoms with Gasteiger partial charge in [0.15, 0.2) is 5.75 Å². The Kier molecular flexibility index (Phi) is 7.85. The number of hydrogen-bond donors (Lipinski definition) is 2. The van der Waals surface area contributed by atoms with Crippen LogP contribution >= 0.6 is 0 Å². The molecular formula is C27H36N2O5. The number of carbonyl (C=O) groups excluding carboxylic acids is 1. The average Bonchev–Trinajstić information content (AvgIpc) is 2.78. The summed E-state index contributed by atoms with van der Waals surface area (Å²) in [6, 6.07) is 9.75. The number of aryl methyl sites for hydroxylation is 1. The molecule has 1 saturated carbocycles. The number of amides is 1. The highest BCUT2D eigenvalue weighted by Gasteiger charge is 2.45. The van der Waals surface area contributed by atoms with Gasteiger partial charge in [-0.2, -0.15) is 0 Å². The van der Waals surface area contributed by atoms with Gasteiger partial charge in [-0.05, 0) is 49.5 Å². The Hall–Kier alpha value is -3.09. The molecule has 1 aromatic heterocycles. The van der Waals surface area contributed by atoms with Gasteiger partial charge in [0.2, 0.25) is 0 Å². The molecule has 0 unspecified atom stereocenters. The molecule has 2 N–H and O–H groups in total. The Balaban J connectivity index is 1.70. The summed E-state index contributed by atoms with van der Waals surface area (Å²) >= 11 is 0. The zero-order valence-corrected chi connectivity index (χ0v) is 20.8. The van der Waals surface area contributed by atoms with Crippen LogP contribution in [0.3, 0.4) is 0 Å². The first kappa shape index (κ1) is 25.5. The summed E-state index contributed by atoms with van der Waals surface area (Å²) in [4.78, 5) is 29.5. The molecule has 0 aliphatic heterocycles. The molecule has 2 aromatic rings. The molecule has 1 aliphatic rings. The molecule has 0 atom stereocenters. The van der Waals surface area contributed by atoms with E-state index >= 15 is 0 Å². The average molecular weight is 469 g/mol. The molecule has 7 nitrogen and oxygen atoms in total. The van der Waals surface area contributed by atoms with E-state index in [0.29, 0.717) is 37.5 Å². The Morgan fingerprint density at radius 2 is 1.91 bits per heavy atom. The molecule has 34 heavy (non-hydrogen) atoms. The monoisotopic (exact) mass is 468 g/mol. The van der Waals surface area contributed by atoms with Crippen molar-refractivity contribution in [2.45, 2.75) is 65.3 Å². The van der Waals surface area contributed by atoms with Gasteiger partial charge in [0, 0.05) is 18.7 Å². The first-order valence-electron chi connectivity index (χ1n) is 11.8. The molecule has 0 bridgehead atoms. The summed E-state index contributed by atoms with van der Waals surface area (Å²) in [5.74, 6) is -0.421. The second kappa shape index (κ2) is 10.5.